The van der Waals surface area contributed by atoms with Crippen molar-refractivity contribution in [2.75, 3.05) is 0 Å². The molecule has 1 N–H and O–H groups in total. The molecule has 1 amide bonds. The van der Waals surface area contributed by atoms with Gasteiger partial charge in [0.05, 0.1) is 0 Å². The maximum atomic E-state index is 13.4. The molecule has 7 heteroatoms. The second-order valence-corrected chi connectivity index (χ2v) is 7.50. The quantitative estimate of drug-likeness (QED) is 0.798. The molecule has 0 bridgehead atoms. The molecule has 0 saturated heterocycles. The predicted octanol–water partition coefficient (Wildman–Crippen LogP) is 4.34. The predicted molar refractivity (Wildman–Crippen MR) is 88.4 cm³/mol. The topological polar surface area (TPSA) is 40.5 Å². The second kappa shape index (κ2) is 6.83. The van der Waals surface area contributed by atoms with Crippen LogP contribution in [0.1, 0.15) is 61.4 Å². The summed E-state index contributed by atoms with van der Waals surface area (Å²) in [6, 6.07) is 5.07. The number of carbonyl (C=O) groups excluding carboxylic acids is 1. The standard InChI is InChI=1S/C19H23F4NO2/c1-18(26,19(21,22)23)13-4-2-12(3-5-13)17(25)24(16-10-11-16)15-8-6-14(20)7-9-15/h2-5,14-16,26H,6-11H2,1H3/t14?,15?,18-/m0/s1. The highest BCUT2D eigenvalue weighted by Gasteiger charge is 2.51. The van der Waals surface area contributed by atoms with Gasteiger partial charge in [0.2, 0.25) is 0 Å². The Bertz CT molecular complexity index is 644. The molecule has 0 aromatic heterocycles. The largest absolute Gasteiger partial charge is 0.421 e. The molecule has 0 heterocycles. The van der Waals surface area contributed by atoms with Gasteiger partial charge < -0.3 is 10.0 Å². The molecule has 2 saturated carbocycles. The van der Waals surface area contributed by atoms with Crippen LogP contribution in [0.4, 0.5) is 17.6 Å². The average molecular weight is 373 g/mol. The molecule has 1 aromatic rings. The molecule has 0 radical (unpaired) electrons. The normalized spacial score (nSPS) is 26.2. The Kier molecular flexibility index (Phi) is 5.03. The Morgan fingerprint density at radius 1 is 1.00 bits per heavy atom. The molecule has 26 heavy (non-hydrogen) atoms. The van der Waals surface area contributed by atoms with Crippen LogP contribution in [-0.2, 0) is 5.60 Å². The first-order valence-corrected chi connectivity index (χ1v) is 8.97. The molecule has 0 aliphatic heterocycles. The van der Waals surface area contributed by atoms with Gasteiger partial charge in [-0.05, 0) is 63.1 Å². The zero-order valence-corrected chi connectivity index (χ0v) is 14.6. The van der Waals surface area contributed by atoms with Crippen LogP contribution in [0.2, 0.25) is 0 Å². The number of amides is 1. The van der Waals surface area contributed by atoms with Gasteiger partial charge in [-0.25, -0.2) is 4.39 Å². The molecule has 2 fully saturated rings. The summed E-state index contributed by atoms with van der Waals surface area (Å²) in [5.41, 5.74) is -2.98. The monoisotopic (exact) mass is 373 g/mol. The first kappa shape index (κ1) is 19.1. The number of nitrogens with zero attached hydrogens (tertiary/aromatic N) is 1. The Morgan fingerprint density at radius 2 is 1.46 bits per heavy atom. The summed E-state index contributed by atoms with van der Waals surface area (Å²) in [7, 11) is 0. The van der Waals surface area contributed by atoms with Crippen molar-refractivity contribution >= 4 is 5.91 Å². The first-order valence-electron chi connectivity index (χ1n) is 8.97. The molecule has 144 valence electrons. The summed E-state index contributed by atoms with van der Waals surface area (Å²) in [4.78, 5) is 14.7. The zero-order chi connectivity index (χ0) is 19.1. The van der Waals surface area contributed by atoms with Crippen molar-refractivity contribution in [3.63, 3.8) is 0 Å². The fraction of sp³-hybridized carbons (Fsp3) is 0.632. The van der Waals surface area contributed by atoms with Gasteiger partial charge in [0.1, 0.15) is 6.17 Å². The Hall–Kier alpha value is -1.63. The smallest absolute Gasteiger partial charge is 0.376 e. The van der Waals surface area contributed by atoms with Crippen LogP contribution in [0.25, 0.3) is 0 Å². The van der Waals surface area contributed by atoms with Crippen LogP contribution in [0.3, 0.4) is 0 Å². The van der Waals surface area contributed by atoms with Crippen molar-refractivity contribution < 1.29 is 27.5 Å². The molecule has 1 aromatic carbocycles. The van der Waals surface area contributed by atoms with Crippen LogP contribution < -0.4 is 0 Å². The van der Waals surface area contributed by atoms with E-state index in [1.807, 2.05) is 0 Å². The molecule has 1 atom stereocenters. The Balaban J connectivity index is 1.78. The molecular weight excluding hydrogens is 350 g/mol. The van der Waals surface area contributed by atoms with E-state index in [2.05, 4.69) is 0 Å². The van der Waals surface area contributed by atoms with E-state index in [1.165, 1.54) is 12.1 Å². The van der Waals surface area contributed by atoms with Crippen LogP contribution in [0.5, 0.6) is 0 Å². The lowest BCUT2D eigenvalue weighted by molar-refractivity contribution is -0.258. The molecule has 2 aliphatic rings. The third-order valence-corrected chi connectivity index (χ3v) is 5.44. The van der Waals surface area contributed by atoms with Gasteiger partial charge >= 0.3 is 6.18 Å². The van der Waals surface area contributed by atoms with E-state index >= 15 is 0 Å². The summed E-state index contributed by atoms with van der Waals surface area (Å²) in [6.45, 7) is 0.690. The molecule has 2 aliphatic carbocycles. The minimum Gasteiger partial charge on any atom is -0.376 e. The number of rotatable bonds is 4. The van der Waals surface area contributed by atoms with E-state index in [9.17, 15) is 27.5 Å². The van der Waals surface area contributed by atoms with Gasteiger partial charge in [-0.3, -0.25) is 4.79 Å². The number of carbonyl (C=O) groups is 1. The van der Waals surface area contributed by atoms with Gasteiger partial charge in [-0.2, -0.15) is 13.2 Å². The average Bonchev–Trinajstić information content (AvgIpc) is 3.41. The summed E-state index contributed by atoms with van der Waals surface area (Å²) in [6.07, 6.45) is -1.70. The van der Waals surface area contributed by atoms with E-state index in [1.54, 1.807) is 4.90 Å². The van der Waals surface area contributed by atoms with Crippen molar-refractivity contribution in [3.8, 4) is 0 Å². The van der Waals surface area contributed by atoms with Gasteiger partial charge in [-0.1, -0.05) is 12.1 Å². The van der Waals surface area contributed by atoms with E-state index < -0.39 is 17.9 Å². The molecule has 3 rings (SSSR count). The third-order valence-electron chi connectivity index (χ3n) is 5.44. The summed E-state index contributed by atoms with van der Waals surface area (Å²) in [5, 5.41) is 9.73. The fourth-order valence-corrected chi connectivity index (χ4v) is 3.55. The van der Waals surface area contributed by atoms with Crippen molar-refractivity contribution in [1.29, 1.82) is 0 Å². The number of hydrogen-bond acceptors (Lipinski definition) is 2. The van der Waals surface area contributed by atoms with Crippen molar-refractivity contribution in [1.82, 2.24) is 4.90 Å². The summed E-state index contributed by atoms with van der Waals surface area (Å²) in [5.74, 6) is -0.229. The SMILES string of the molecule is C[C@](O)(c1ccc(C(=O)N(C2CCC(F)CC2)C2CC2)cc1)C(F)(F)F. The lowest BCUT2D eigenvalue weighted by atomic mass is 9.91. The second-order valence-electron chi connectivity index (χ2n) is 7.50. The van der Waals surface area contributed by atoms with Crippen LogP contribution >= 0.6 is 0 Å². The van der Waals surface area contributed by atoms with Crippen LogP contribution in [0, 0.1) is 0 Å². The highest BCUT2D eigenvalue weighted by molar-refractivity contribution is 5.95. The Morgan fingerprint density at radius 3 is 1.88 bits per heavy atom. The third kappa shape index (κ3) is 3.72. The minimum atomic E-state index is -4.80. The zero-order valence-electron chi connectivity index (χ0n) is 14.6. The van der Waals surface area contributed by atoms with Crippen molar-refractivity contribution in [2.24, 2.45) is 0 Å². The highest BCUT2D eigenvalue weighted by atomic mass is 19.4. The van der Waals surface area contributed by atoms with Crippen molar-refractivity contribution in [3.05, 3.63) is 35.4 Å². The van der Waals surface area contributed by atoms with Gasteiger partial charge in [0.15, 0.2) is 5.60 Å². The van der Waals surface area contributed by atoms with Crippen LogP contribution in [-0.4, -0.2) is 40.3 Å². The Labute approximate surface area is 150 Å². The van der Waals surface area contributed by atoms with E-state index in [-0.39, 0.29) is 23.6 Å². The number of halogens is 4. The number of alkyl halides is 4. The number of hydrogen-bond donors (Lipinski definition) is 1. The lowest BCUT2D eigenvalue weighted by Crippen LogP contribution is -2.44. The molecular formula is C19H23F4NO2. The first-order chi connectivity index (χ1) is 12.1. The fourth-order valence-electron chi connectivity index (χ4n) is 3.55. The minimum absolute atomic E-state index is 0.0139. The molecule has 0 spiro atoms. The van der Waals surface area contributed by atoms with Gasteiger partial charge in [-0.15, -0.1) is 0 Å². The molecule has 3 nitrogen and oxygen atoms in total. The summed E-state index contributed by atoms with van der Waals surface area (Å²) < 4.78 is 52.2. The van der Waals surface area contributed by atoms with Crippen molar-refractivity contribution in [2.45, 2.75) is 75.5 Å². The number of benzene rings is 1. The summed E-state index contributed by atoms with van der Waals surface area (Å²) >= 11 is 0. The van der Waals surface area contributed by atoms with E-state index in [0.29, 0.717) is 38.2 Å². The molecule has 0 unspecified atom stereocenters. The van der Waals surface area contributed by atoms with E-state index in [4.69, 9.17) is 0 Å². The van der Waals surface area contributed by atoms with Gasteiger partial charge in [0, 0.05) is 17.6 Å². The maximum Gasteiger partial charge on any atom is 0.421 e. The van der Waals surface area contributed by atoms with E-state index in [0.717, 1.165) is 25.0 Å². The highest BCUT2D eigenvalue weighted by Crippen LogP contribution is 2.39. The van der Waals surface area contributed by atoms with Gasteiger partial charge in [0.25, 0.3) is 5.91 Å². The lowest BCUT2D eigenvalue weighted by Gasteiger charge is -2.35. The maximum absolute atomic E-state index is 13.4. The van der Waals surface area contributed by atoms with Crippen LogP contribution in [0.15, 0.2) is 24.3 Å². The number of aliphatic hydroxyl groups is 1.